The van der Waals surface area contributed by atoms with Crippen LogP contribution in [0.3, 0.4) is 0 Å². The first-order valence-electron chi connectivity index (χ1n) is 5.45. The summed E-state index contributed by atoms with van der Waals surface area (Å²) >= 11 is 11.6. The third kappa shape index (κ3) is 3.68. The highest BCUT2D eigenvalue weighted by Gasteiger charge is 2.22. The molecule has 1 aromatic rings. The van der Waals surface area contributed by atoms with Crippen LogP contribution in [-0.4, -0.2) is 16.6 Å². The van der Waals surface area contributed by atoms with Gasteiger partial charge < -0.3 is 0 Å². The quantitative estimate of drug-likeness (QED) is 0.456. The minimum Gasteiger partial charge on any atom is -0.300 e. The average molecular weight is 290 g/mol. The number of benzene rings is 1. The molecule has 0 saturated heterocycles. The zero-order chi connectivity index (χ0) is 13.7. The normalized spacial score (nSPS) is 12.2. The molecule has 0 aromatic heterocycles. The fourth-order valence-electron chi connectivity index (χ4n) is 1.75. The number of alkyl halides is 1. The van der Waals surface area contributed by atoms with Gasteiger partial charge in [0.2, 0.25) is 0 Å². The van der Waals surface area contributed by atoms with Crippen LogP contribution in [0.4, 0.5) is 5.69 Å². The smallest absolute Gasteiger partial charge is 0.274 e. The number of hydrogen-bond donors (Lipinski definition) is 0. The Morgan fingerprint density at radius 3 is 2.67 bits per heavy atom. The van der Waals surface area contributed by atoms with Gasteiger partial charge in [0.25, 0.3) is 5.69 Å². The van der Waals surface area contributed by atoms with Gasteiger partial charge in [-0.15, -0.1) is 11.6 Å². The highest BCUT2D eigenvalue weighted by atomic mass is 35.5. The second-order valence-corrected chi connectivity index (χ2v) is 4.77. The molecule has 0 saturated carbocycles. The fourth-order valence-corrected chi connectivity index (χ4v) is 2.26. The maximum absolute atomic E-state index is 11.5. The van der Waals surface area contributed by atoms with Crippen molar-refractivity contribution in [1.29, 1.82) is 0 Å². The van der Waals surface area contributed by atoms with Gasteiger partial charge in [0, 0.05) is 23.4 Å². The van der Waals surface area contributed by atoms with Crippen LogP contribution in [0.5, 0.6) is 0 Å². The maximum Gasteiger partial charge on any atom is 0.274 e. The Balaban J connectivity index is 3.08. The first-order valence-corrected chi connectivity index (χ1v) is 6.36. The lowest BCUT2D eigenvalue weighted by Gasteiger charge is -2.13. The van der Waals surface area contributed by atoms with Gasteiger partial charge in [-0.05, 0) is 25.8 Å². The second-order valence-electron chi connectivity index (χ2n) is 3.98. The van der Waals surface area contributed by atoms with E-state index in [1.165, 1.54) is 19.1 Å². The Kier molecular flexibility index (Phi) is 5.56. The Hall–Kier alpha value is -1.13. The van der Waals surface area contributed by atoms with Crippen molar-refractivity contribution in [2.45, 2.75) is 19.8 Å². The molecule has 0 spiro atoms. The van der Waals surface area contributed by atoms with Crippen molar-refractivity contribution in [3.63, 3.8) is 0 Å². The van der Waals surface area contributed by atoms with E-state index in [9.17, 15) is 14.9 Å². The maximum atomic E-state index is 11.5. The van der Waals surface area contributed by atoms with Gasteiger partial charge >= 0.3 is 0 Å². The average Bonchev–Trinajstić information content (AvgIpc) is 2.30. The lowest BCUT2D eigenvalue weighted by Crippen LogP contribution is -2.15. The fraction of sp³-hybridized carbons (Fsp3) is 0.417. The molecule has 4 nitrogen and oxygen atoms in total. The molecule has 1 atom stereocenters. The van der Waals surface area contributed by atoms with Crippen LogP contribution in [0, 0.1) is 16.0 Å². The van der Waals surface area contributed by atoms with E-state index < -0.39 is 4.92 Å². The number of carbonyl (C=O) groups excluding carboxylic acids is 1. The number of rotatable bonds is 6. The highest BCUT2D eigenvalue weighted by Crippen LogP contribution is 2.29. The van der Waals surface area contributed by atoms with Gasteiger partial charge in [0.1, 0.15) is 5.78 Å². The van der Waals surface area contributed by atoms with Crippen LogP contribution in [-0.2, 0) is 11.2 Å². The Bertz CT molecular complexity index is 463. The van der Waals surface area contributed by atoms with E-state index in [0.29, 0.717) is 22.9 Å². The van der Waals surface area contributed by atoms with E-state index in [1.807, 2.05) is 0 Å². The van der Waals surface area contributed by atoms with E-state index in [2.05, 4.69) is 0 Å². The van der Waals surface area contributed by atoms with E-state index in [4.69, 9.17) is 23.2 Å². The van der Waals surface area contributed by atoms with Crippen molar-refractivity contribution in [1.82, 2.24) is 0 Å². The van der Waals surface area contributed by atoms with Crippen molar-refractivity contribution in [3.05, 3.63) is 38.9 Å². The number of Topliss-reactive ketones (excluding diaryl/α,β-unsaturated/α-hetero) is 1. The molecule has 0 bridgehead atoms. The zero-order valence-electron chi connectivity index (χ0n) is 9.86. The molecule has 0 radical (unpaired) electrons. The van der Waals surface area contributed by atoms with Crippen LogP contribution in [0.25, 0.3) is 0 Å². The van der Waals surface area contributed by atoms with E-state index in [0.717, 1.165) is 0 Å². The molecule has 0 aliphatic carbocycles. The third-order valence-corrected chi connectivity index (χ3v) is 3.35. The summed E-state index contributed by atoms with van der Waals surface area (Å²) in [5.74, 6) is -0.0337. The molecule has 0 heterocycles. The van der Waals surface area contributed by atoms with Crippen molar-refractivity contribution in [2.75, 3.05) is 5.88 Å². The number of nitro benzene ring substituents is 1. The zero-order valence-corrected chi connectivity index (χ0v) is 11.4. The minimum atomic E-state index is -0.487. The van der Waals surface area contributed by atoms with Crippen LogP contribution >= 0.6 is 23.2 Å². The summed E-state index contributed by atoms with van der Waals surface area (Å²) < 4.78 is 0. The first-order chi connectivity index (χ1) is 8.47. The van der Waals surface area contributed by atoms with Crippen LogP contribution in [0.15, 0.2) is 18.2 Å². The summed E-state index contributed by atoms with van der Waals surface area (Å²) in [4.78, 5) is 21.9. The number of nitro groups is 1. The van der Waals surface area contributed by atoms with Gasteiger partial charge in [0.15, 0.2) is 0 Å². The standard InChI is InChI=1S/C12H13Cl2NO3/c1-8(16)9(5-6-13)7-10-11(14)3-2-4-12(10)15(17)18/h2-4,9H,5-7H2,1H3. The van der Waals surface area contributed by atoms with E-state index in [-0.39, 0.29) is 23.8 Å². The van der Waals surface area contributed by atoms with Gasteiger partial charge in [-0.2, -0.15) is 0 Å². The number of nitrogens with zero attached hydrogens (tertiary/aromatic N) is 1. The number of halogens is 2. The van der Waals surface area contributed by atoms with Crippen molar-refractivity contribution >= 4 is 34.7 Å². The molecule has 0 N–H and O–H groups in total. The van der Waals surface area contributed by atoms with Gasteiger partial charge in [-0.3, -0.25) is 14.9 Å². The first kappa shape index (κ1) is 14.9. The van der Waals surface area contributed by atoms with Gasteiger partial charge in [-0.1, -0.05) is 17.7 Å². The summed E-state index contributed by atoms with van der Waals surface area (Å²) in [5.41, 5.74) is 0.345. The van der Waals surface area contributed by atoms with Crippen molar-refractivity contribution in [3.8, 4) is 0 Å². The largest absolute Gasteiger partial charge is 0.300 e. The van der Waals surface area contributed by atoms with Crippen molar-refractivity contribution < 1.29 is 9.72 Å². The molecule has 1 rings (SSSR count). The summed E-state index contributed by atoms with van der Waals surface area (Å²) in [6.45, 7) is 1.46. The molecule has 1 aromatic carbocycles. The molecule has 1 unspecified atom stereocenters. The molecule has 6 heteroatoms. The molecular weight excluding hydrogens is 277 g/mol. The van der Waals surface area contributed by atoms with E-state index in [1.54, 1.807) is 6.07 Å². The second kappa shape index (κ2) is 6.71. The van der Waals surface area contributed by atoms with Crippen LogP contribution in [0.1, 0.15) is 18.9 Å². The lowest BCUT2D eigenvalue weighted by atomic mass is 9.92. The van der Waals surface area contributed by atoms with Crippen LogP contribution in [0.2, 0.25) is 5.02 Å². The lowest BCUT2D eigenvalue weighted by molar-refractivity contribution is -0.385. The molecule has 0 fully saturated rings. The summed E-state index contributed by atoms with van der Waals surface area (Å²) in [6.07, 6.45) is 0.733. The summed E-state index contributed by atoms with van der Waals surface area (Å²) in [7, 11) is 0. The highest BCUT2D eigenvalue weighted by molar-refractivity contribution is 6.31. The molecule has 0 amide bonds. The Morgan fingerprint density at radius 1 is 1.50 bits per heavy atom. The Labute approximate surface area is 115 Å². The number of ketones is 1. The molecule has 18 heavy (non-hydrogen) atoms. The molecule has 0 aliphatic heterocycles. The monoisotopic (exact) mass is 289 g/mol. The molecule has 98 valence electrons. The third-order valence-electron chi connectivity index (χ3n) is 2.77. The summed E-state index contributed by atoms with van der Waals surface area (Å²) in [5, 5.41) is 11.2. The number of carbonyl (C=O) groups is 1. The SMILES string of the molecule is CC(=O)C(CCCl)Cc1c(Cl)cccc1[N+](=O)[O-]. The van der Waals surface area contributed by atoms with Gasteiger partial charge in [0.05, 0.1) is 9.95 Å². The van der Waals surface area contributed by atoms with Gasteiger partial charge in [-0.25, -0.2) is 0 Å². The predicted octanol–water partition coefficient (Wildman–Crippen LogP) is 3.62. The summed E-state index contributed by atoms with van der Waals surface area (Å²) in [6, 6.07) is 4.50. The van der Waals surface area contributed by atoms with E-state index >= 15 is 0 Å². The minimum absolute atomic E-state index is 0.0372. The molecule has 0 aliphatic rings. The Morgan fingerprint density at radius 2 is 2.17 bits per heavy atom. The van der Waals surface area contributed by atoms with Crippen molar-refractivity contribution in [2.24, 2.45) is 5.92 Å². The van der Waals surface area contributed by atoms with Crippen LogP contribution < -0.4 is 0 Å². The number of hydrogen-bond acceptors (Lipinski definition) is 3. The molecular formula is C12H13Cl2NO3. The topological polar surface area (TPSA) is 60.2 Å². The predicted molar refractivity (Wildman–Crippen MR) is 71.3 cm³/mol.